The van der Waals surface area contributed by atoms with Crippen molar-refractivity contribution in [1.82, 2.24) is 0 Å². The molecule has 0 fully saturated rings. The van der Waals surface area contributed by atoms with E-state index in [9.17, 15) is 0 Å². The maximum absolute atomic E-state index is 2.35. The number of hydrogen-bond donors (Lipinski definition) is 0. The first-order valence-corrected chi connectivity index (χ1v) is 20.0. The van der Waals surface area contributed by atoms with Crippen LogP contribution in [0.1, 0.15) is 20.8 Å². The SMILES string of the molecule is C[CH2][Sn]([CH2]C)[CH2]C.c1cc[c]([Sn]([c]2ccccc2)[c]2ccccc2)cc1. The third kappa shape index (κ3) is 6.77. The molecule has 0 saturated carbocycles. The summed E-state index contributed by atoms with van der Waals surface area (Å²) in [6.45, 7) is 7.05. The van der Waals surface area contributed by atoms with Gasteiger partial charge >= 0.3 is 175 Å². The van der Waals surface area contributed by atoms with Crippen LogP contribution < -0.4 is 10.7 Å². The summed E-state index contributed by atoms with van der Waals surface area (Å²) >= 11 is -2.63. The van der Waals surface area contributed by atoms with E-state index in [1.54, 1.807) is 13.3 Å². The van der Waals surface area contributed by atoms with E-state index in [0.29, 0.717) is 0 Å². The van der Waals surface area contributed by atoms with Crippen molar-refractivity contribution < 1.29 is 0 Å². The number of benzene rings is 3. The van der Waals surface area contributed by atoms with Crippen LogP contribution in [0.5, 0.6) is 0 Å². The van der Waals surface area contributed by atoms with Crippen molar-refractivity contribution in [2.75, 3.05) is 0 Å². The molecule has 2 heteroatoms. The van der Waals surface area contributed by atoms with Gasteiger partial charge in [-0.15, -0.1) is 0 Å². The Bertz CT molecular complexity index is 608. The van der Waals surface area contributed by atoms with Crippen molar-refractivity contribution in [1.29, 1.82) is 0 Å². The van der Waals surface area contributed by atoms with Gasteiger partial charge in [-0.05, 0) is 0 Å². The second kappa shape index (κ2) is 12.6. The molecule has 0 amide bonds. The first-order valence-electron chi connectivity index (χ1n) is 9.66. The van der Waals surface area contributed by atoms with Gasteiger partial charge < -0.3 is 0 Å². The minimum atomic E-state index is -1.98. The van der Waals surface area contributed by atoms with Crippen LogP contribution in [0.25, 0.3) is 0 Å². The average molecular weight is 556 g/mol. The molecular formula is C24H30Sn2. The van der Waals surface area contributed by atoms with Gasteiger partial charge in [-0.25, -0.2) is 0 Å². The van der Waals surface area contributed by atoms with E-state index in [2.05, 4.69) is 112 Å². The molecular weight excluding hydrogens is 526 g/mol. The van der Waals surface area contributed by atoms with Crippen LogP contribution >= 0.6 is 0 Å². The predicted octanol–water partition coefficient (Wildman–Crippen LogP) is 4.74. The molecule has 0 aliphatic rings. The van der Waals surface area contributed by atoms with Gasteiger partial charge in [0.15, 0.2) is 0 Å². The van der Waals surface area contributed by atoms with Gasteiger partial charge in [-0.1, -0.05) is 0 Å². The van der Waals surface area contributed by atoms with E-state index in [0.717, 1.165) is 0 Å². The third-order valence-corrected chi connectivity index (χ3v) is 21.0. The second-order valence-corrected chi connectivity index (χ2v) is 23.7. The van der Waals surface area contributed by atoms with Gasteiger partial charge in [0, 0.05) is 0 Å². The summed E-state index contributed by atoms with van der Waals surface area (Å²) in [5, 5.41) is 0. The van der Waals surface area contributed by atoms with Crippen molar-refractivity contribution >= 4 is 50.3 Å². The molecule has 0 nitrogen and oxygen atoms in total. The molecule has 2 radical (unpaired) electrons. The summed E-state index contributed by atoms with van der Waals surface area (Å²) in [6.07, 6.45) is 0. The molecule has 0 spiro atoms. The Balaban J connectivity index is 0.000000298. The summed E-state index contributed by atoms with van der Waals surface area (Å²) < 4.78 is 9.24. The molecule has 0 aliphatic heterocycles. The Morgan fingerprint density at radius 1 is 0.462 bits per heavy atom. The molecule has 134 valence electrons. The van der Waals surface area contributed by atoms with E-state index in [-0.39, 0.29) is 0 Å². The zero-order chi connectivity index (χ0) is 18.6. The van der Waals surface area contributed by atoms with Gasteiger partial charge in [0.1, 0.15) is 0 Å². The van der Waals surface area contributed by atoms with Crippen LogP contribution in [0, 0.1) is 0 Å². The molecule has 0 atom stereocenters. The first-order chi connectivity index (χ1) is 12.8. The molecule has 0 N–H and O–H groups in total. The molecule has 3 aromatic rings. The average Bonchev–Trinajstić information content (AvgIpc) is 2.72. The molecule has 3 aromatic carbocycles. The molecule has 0 unspecified atom stereocenters. The van der Waals surface area contributed by atoms with E-state index in [1.165, 1.54) is 10.7 Å². The van der Waals surface area contributed by atoms with Gasteiger partial charge in [-0.2, -0.15) is 0 Å². The summed E-state index contributed by atoms with van der Waals surface area (Å²) in [4.78, 5) is 0. The molecule has 0 bridgehead atoms. The number of hydrogen-bond acceptors (Lipinski definition) is 0. The van der Waals surface area contributed by atoms with Crippen LogP contribution in [-0.2, 0) is 0 Å². The van der Waals surface area contributed by atoms with E-state index in [4.69, 9.17) is 0 Å². The van der Waals surface area contributed by atoms with Crippen LogP contribution in [0.4, 0.5) is 0 Å². The fourth-order valence-electron chi connectivity index (χ4n) is 3.06. The predicted molar refractivity (Wildman–Crippen MR) is 121 cm³/mol. The van der Waals surface area contributed by atoms with Crippen molar-refractivity contribution in [2.45, 2.75) is 34.1 Å². The Kier molecular flexibility index (Phi) is 10.5. The molecule has 26 heavy (non-hydrogen) atoms. The standard InChI is InChI=1S/3C6H5.3C2H5.2Sn/c3*1-2-4-6-5-3-1;3*1-2;;/h3*1-5H;3*1H2,2H3;;. The van der Waals surface area contributed by atoms with Crippen LogP contribution in [0.2, 0.25) is 13.3 Å². The van der Waals surface area contributed by atoms with E-state index in [1.807, 2.05) is 0 Å². The van der Waals surface area contributed by atoms with Gasteiger partial charge in [0.05, 0.1) is 0 Å². The quantitative estimate of drug-likeness (QED) is 0.386. The van der Waals surface area contributed by atoms with Crippen molar-refractivity contribution in [2.24, 2.45) is 0 Å². The van der Waals surface area contributed by atoms with Gasteiger partial charge in [0.2, 0.25) is 0 Å². The number of rotatable bonds is 6. The minimum absolute atomic E-state index is 0.653. The molecule has 0 aromatic heterocycles. The zero-order valence-corrected chi connectivity index (χ0v) is 22.0. The normalized spacial score (nSPS) is 10.5. The van der Waals surface area contributed by atoms with Gasteiger partial charge in [-0.3, -0.25) is 0 Å². The Labute approximate surface area is 174 Å². The Hall–Kier alpha value is -0.743. The van der Waals surface area contributed by atoms with E-state index < -0.39 is 39.5 Å². The molecule has 3 rings (SSSR count). The second-order valence-electron chi connectivity index (χ2n) is 6.28. The molecule has 0 aliphatic carbocycles. The van der Waals surface area contributed by atoms with Crippen molar-refractivity contribution in [3.8, 4) is 0 Å². The van der Waals surface area contributed by atoms with Crippen molar-refractivity contribution in [3.05, 3.63) is 91.0 Å². The Morgan fingerprint density at radius 2 is 0.731 bits per heavy atom. The van der Waals surface area contributed by atoms with Gasteiger partial charge in [0.25, 0.3) is 0 Å². The summed E-state index contributed by atoms with van der Waals surface area (Å²) in [7, 11) is 0. The van der Waals surface area contributed by atoms with Crippen LogP contribution in [0.15, 0.2) is 91.0 Å². The summed E-state index contributed by atoms with van der Waals surface area (Å²) in [6, 6.07) is 32.9. The monoisotopic (exact) mass is 558 g/mol. The fraction of sp³-hybridized carbons (Fsp3) is 0.250. The summed E-state index contributed by atoms with van der Waals surface area (Å²) in [5.41, 5.74) is 0. The first kappa shape index (κ1) is 21.6. The van der Waals surface area contributed by atoms with Crippen LogP contribution in [-0.4, -0.2) is 39.5 Å². The third-order valence-electron chi connectivity index (χ3n) is 4.69. The Morgan fingerprint density at radius 3 is 0.923 bits per heavy atom. The molecule has 0 heterocycles. The fourth-order valence-corrected chi connectivity index (χ4v) is 14.7. The molecule has 0 saturated heterocycles. The van der Waals surface area contributed by atoms with Crippen LogP contribution in [0.3, 0.4) is 0 Å². The maximum atomic E-state index is 2.35. The zero-order valence-electron chi connectivity index (χ0n) is 16.3. The topological polar surface area (TPSA) is 0 Å². The summed E-state index contributed by atoms with van der Waals surface area (Å²) in [5.74, 6) is 0. The van der Waals surface area contributed by atoms with E-state index >= 15 is 0 Å². The van der Waals surface area contributed by atoms with Crippen molar-refractivity contribution in [3.63, 3.8) is 0 Å².